The maximum atomic E-state index is 12.8. The van der Waals surface area contributed by atoms with E-state index in [0.717, 1.165) is 6.26 Å². The molecule has 0 atom stereocenters. The third kappa shape index (κ3) is 5.43. The van der Waals surface area contributed by atoms with Crippen LogP contribution in [0.2, 0.25) is 0 Å². The van der Waals surface area contributed by atoms with Crippen molar-refractivity contribution >= 4 is 43.5 Å². The Morgan fingerprint density at radius 3 is 2.50 bits per heavy atom. The highest BCUT2D eigenvalue weighted by atomic mass is 79.9. The smallest absolute Gasteiger partial charge is 0.291 e. The molecule has 28 heavy (non-hydrogen) atoms. The van der Waals surface area contributed by atoms with Gasteiger partial charge < -0.3 is 14.6 Å². The van der Waals surface area contributed by atoms with Crippen LogP contribution in [0.15, 0.2) is 45.5 Å². The second kappa shape index (κ2) is 8.46. The van der Waals surface area contributed by atoms with Crippen LogP contribution in [0, 0.1) is 0 Å². The zero-order chi connectivity index (χ0) is 20.3. The van der Waals surface area contributed by atoms with Crippen LogP contribution in [0.5, 0.6) is 0 Å². The lowest BCUT2D eigenvalue weighted by Gasteiger charge is -2.32. The number of rotatable bonds is 5. The largest absolute Gasteiger partial charge is 0.444 e. The van der Waals surface area contributed by atoms with Crippen molar-refractivity contribution in [3.05, 3.63) is 52.4 Å². The second-order valence-corrected chi connectivity index (χ2v) is 9.16. The van der Waals surface area contributed by atoms with Crippen LogP contribution in [-0.4, -0.2) is 50.5 Å². The van der Waals surface area contributed by atoms with Gasteiger partial charge in [0.1, 0.15) is 0 Å². The molecule has 0 bridgehead atoms. The highest BCUT2D eigenvalue weighted by Gasteiger charge is 2.25. The van der Waals surface area contributed by atoms with E-state index in [1.165, 1.54) is 0 Å². The number of carbonyl (C=O) groups is 2. The van der Waals surface area contributed by atoms with Gasteiger partial charge in [-0.15, -0.1) is 0 Å². The molecule has 150 valence electrons. The van der Waals surface area contributed by atoms with Gasteiger partial charge in [-0.2, -0.15) is 0 Å². The van der Waals surface area contributed by atoms with E-state index in [2.05, 4.69) is 26.0 Å². The summed E-state index contributed by atoms with van der Waals surface area (Å²) >= 11 is 3.15. The summed E-state index contributed by atoms with van der Waals surface area (Å²) in [6.45, 7) is 0.923. The fourth-order valence-electron chi connectivity index (χ4n) is 3.04. The molecule has 1 aliphatic rings. The van der Waals surface area contributed by atoms with Crippen molar-refractivity contribution in [1.82, 2.24) is 9.62 Å². The van der Waals surface area contributed by atoms with Crippen LogP contribution in [0.25, 0.3) is 0 Å². The fourth-order valence-corrected chi connectivity index (χ4v) is 4.19. The number of hydrogen-bond donors (Lipinski definition) is 2. The van der Waals surface area contributed by atoms with Gasteiger partial charge >= 0.3 is 0 Å². The standard InChI is InChI=1S/C18H20BrN3O5S/c1-28(25,26)21-13-7-9-22(10-8-13)18(24)12-3-2-4-14(11-12)20-17(23)15-5-6-16(19)27-15/h2-6,11,13,21H,7-10H2,1H3,(H,20,23). The number of piperidine rings is 1. The number of nitrogens with one attached hydrogen (secondary N) is 2. The van der Waals surface area contributed by atoms with E-state index < -0.39 is 15.9 Å². The molecule has 10 heteroatoms. The summed E-state index contributed by atoms with van der Waals surface area (Å²) in [5.74, 6) is -0.415. The highest BCUT2D eigenvalue weighted by Crippen LogP contribution is 2.19. The molecule has 3 rings (SSSR count). The van der Waals surface area contributed by atoms with E-state index in [9.17, 15) is 18.0 Å². The monoisotopic (exact) mass is 469 g/mol. The van der Waals surface area contributed by atoms with Gasteiger partial charge in [0.05, 0.1) is 6.26 Å². The van der Waals surface area contributed by atoms with E-state index in [4.69, 9.17) is 4.42 Å². The van der Waals surface area contributed by atoms with Crippen molar-refractivity contribution in [3.63, 3.8) is 0 Å². The van der Waals surface area contributed by atoms with Crippen LogP contribution in [0.1, 0.15) is 33.8 Å². The molecule has 1 aromatic heterocycles. The van der Waals surface area contributed by atoms with Gasteiger partial charge in [0.15, 0.2) is 10.4 Å². The molecule has 2 heterocycles. The molecule has 2 N–H and O–H groups in total. The van der Waals surface area contributed by atoms with Gasteiger partial charge in [-0.1, -0.05) is 6.07 Å². The molecule has 0 unspecified atom stereocenters. The Morgan fingerprint density at radius 1 is 1.18 bits per heavy atom. The normalized spacial score (nSPS) is 15.4. The first-order valence-corrected chi connectivity index (χ1v) is 11.3. The van der Waals surface area contributed by atoms with Crippen molar-refractivity contribution in [2.24, 2.45) is 0 Å². The van der Waals surface area contributed by atoms with Gasteiger partial charge in [-0.05, 0) is 59.1 Å². The van der Waals surface area contributed by atoms with E-state index in [0.29, 0.717) is 41.9 Å². The Hall–Kier alpha value is -2.17. The number of anilines is 1. The average molecular weight is 470 g/mol. The second-order valence-electron chi connectivity index (χ2n) is 6.60. The first-order chi connectivity index (χ1) is 13.2. The number of likely N-dealkylation sites (tertiary alicyclic amines) is 1. The molecule has 1 aliphatic heterocycles. The van der Waals surface area contributed by atoms with E-state index in [-0.39, 0.29) is 17.7 Å². The Labute approximate surface area is 171 Å². The summed E-state index contributed by atoms with van der Waals surface area (Å²) in [4.78, 5) is 26.6. The number of benzene rings is 1. The molecule has 2 aromatic rings. The molecule has 0 spiro atoms. The van der Waals surface area contributed by atoms with Gasteiger partial charge in [0.25, 0.3) is 11.8 Å². The number of amides is 2. The maximum absolute atomic E-state index is 12.8. The summed E-state index contributed by atoms with van der Waals surface area (Å²) in [7, 11) is -3.26. The number of halogens is 1. The Morgan fingerprint density at radius 2 is 1.89 bits per heavy atom. The summed E-state index contributed by atoms with van der Waals surface area (Å²) in [6.07, 6.45) is 2.25. The number of hydrogen-bond acceptors (Lipinski definition) is 5. The first kappa shape index (κ1) is 20.6. The summed E-state index contributed by atoms with van der Waals surface area (Å²) in [5, 5.41) is 2.70. The minimum absolute atomic E-state index is 0.155. The van der Waals surface area contributed by atoms with Crippen LogP contribution in [-0.2, 0) is 10.0 Å². The highest BCUT2D eigenvalue weighted by molar-refractivity contribution is 9.10. The quantitative estimate of drug-likeness (QED) is 0.698. The Kier molecular flexibility index (Phi) is 6.21. The minimum atomic E-state index is -3.26. The molecule has 1 aromatic carbocycles. The summed E-state index contributed by atoms with van der Waals surface area (Å²) in [5.41, 5.74) is 0.935. The number of sulfonamides is 1. The van der Waals surface area contributed by atoms with Crippen LogP contribution >= 0.6 is 15.9 Å². The van der Waals surface area contributed by atoms with Gasteiger partial charge in [0, 0.05) is 30.4 Å². The van der Waals surface area contributed by atoms with Crippen LogP contribution < -0.4 is 10.0 Å². The maximum Gasteiger partial charge on any atom is 0.291 e. The van der Waals surface area contributed by atoms with Crippen molar-refractivity contribution < 1.29 is 22.4 Å². The van der Waals surface area contributed by atoms with Crippen molar-refractivity contribution in [2.75, 3.05) is 24.7 Å². The SMILES string of the molecule is CS(=O)(=O)NC1CCN(C(=O)c2cccc(NC(=O)c3ccc(Br)o3)c2)CC1. The van der Waals surface area contributed by atoms with E-state index >= 15 is 0 Å². The molecular weight excluding hydrogens is 450 g/mol. The molecule has 0 aliphatic carbocycles. The number of furan rings is 1. The van der Waals surface area contributed by atoms with Crippen molar-refractivity contribution in [1.29, 1.82) is 0 Å². The fraction of sp³-hybridized carbons (Fsp3) is 0.333. The van der Waals surface area contributed by atoms with Crippen LogP contribution in [0.3, 0.4) is 0 Å². The predicted octanol–water partition coefficient (Wildman–Crippen LogP) is 2.45. The third-order valence-electron chi connectivity index (χ3n) is 4.33. The van der Waals surface area contributed by atoms with E-state index in [1.807, 2.05) is 0 Å². The zero-order valence-electron chi connectivity index (χ0n) is 15.1. The molecule has 0 radical (unpaired) electrons. The Bertz CT molecular complexity index is 981. The molecule has 1 fully saturated rings. The van der Waals surface area contributed by atoms with Crippen molar-refractivity contribution in [3.8, 4) is 0 Å². The predicted molar refractivity (Wildman–Crippen MR) is 108 cm³/mol. The van der Waals surface area contributed by atoms with Gasteiger partial charge in [-0.25, -0.2) is 13.1 Å². The van der Waals surface area contributed by atoms with Crippen molar-refractivity contribution in [2.45, 2.75) is 18.9 Å². The first-order valence-electron chi connectivity index (χ1n) is 8.64. The number of nitrogens with zero attached hydrogens (tertiary/aromatic N) is 1. The third-order valence-corrected chi connectivity index (χ3v) is 5.51. The molecule has 2 amide bonds. The van der Waals surface area contributed by atoms with E-state index in [1.54, 1.807) is 41.3 Å². The lowest BCUT2D eigenvalue weighted by Crippen LogP contribution is -2.46. The van der Waals surface area contributed by atoms with Crippen LogP contribution in [0.4, 0.5) is 5.69 Å². The Balaban J connectivity index is 1.62. The molecule has 1 saturated heterocycles. The summed E-state index contributed by atoms with van der Waals surface area (Å²) < 4.78 is 30.9. The topological polar surface area (TPSA) is 109 Å². The minimum Gasteiger partial charge on any atom is -0.444 e. The molecular formula is C18H20BrN3O5S. The lowest BCUT2D eigenvalue weighted by atomic mass is 10.0. The van der Waals surface area contributed by atoms with Gasteiger partial charge in [-0.3, -0.25) is 9.59 Å². The molecule has 0 saturated carbocycles. The molecule has 8 nitrogen and oxygen atoms in total. The number of carbonyl (C=O) groups excluding carboxylic acids is 2. The lowest BCUT2D eigenvalue weighted by molar-refractivity contribution is 0.0711. The average Bonchev–Trinajstić information content (AvgIpc) is 3.07. The van der Waals surface area contributed by atoms with Gasteiger partial charge in [0.2, 0.25) is 10.0 Å². The summed E-state index contributed by atoms with van der Waals surface area (Å²) in [6, 6.07) is 9.69. The zero-order valence-corrected chi connectivity index (χ0v) is 17.5.